The molecule has 0 radical (unpaired) electrons. The predicted octanol–water partition coefficient (Wildman–Crippen LogP) is 4.41. The van der Waals surface area contributed by atoms with E-state index in [-0.39, 0.29) is 5.91 Å². The predicted molar refractivity (Wildman–Crippen MR) is 152 cm³/mol. The van der Waals surface area contributed by atoms with Gasteiger partial charge in [-0.05, 0) is 60.4 Å². The van der Waals surface area contributed by atoms with Gasteiger partial charge < -0.3 is 29.8 Å². The molecule has 3 N–H and O–H groups in total. The van der Waals surface area contributed by atoms with Gasteiger partial charge in [-0.15, -0.1) is 0 Å². The van der Waals surface area contributed by atoms with Crippen molar-refractivity contribution in [2.24, 2.45) is 0 Å². The van der Waals surface area contributed by atoms with Gasteiger partial charge in [0.25, 0.3) is 5.91 Å². The van der Waals surface area contributed by atoms with Crippen molar-refractivity contribution in [3.05, 3.63) is 83.4 Å². The van der Waals surface area contributed by atoms with E-state index in [0.717, 1.165) is 22.4 Å². The van der Waals surface area contributed by atoms with Crippen LogP contribution in [0.2, 0.25) is 0 Å². The molecule has 0 fully saturated rings. The van der Waals surface area contributed by atoms with Gasteiger partial charge in [0.15, 0.2) is 17.1 Å². The Balaban J connectivity index is 1.41. The second kappa shape index (κ2) is 11.3. The Hall–Kier alpha value is -4.79. The number of fused-ring (bicyclic) bond motifs is 2. The van der Waals surface area contributed by atoms with Crippen molar-refractivity contribution in [3.8, 4) is 17.2 Å². The van der Waals surface area contributed by atoms with Crippen LogP contribution in [-0.2, 0) is 19.4 Å². The fraction of sp³-hybridized carbons (Fsp3) is 0.233. The minimum absolute atomic E-state index is 0.286. The molecule has 0 aliphatic heterocycles. The summed E-state index contributed by atoms with van der Waals surface area (Å²) in [5.41, 5.74) is 11.6. The molecule has 0 spiro atoms. The van der Waals surface area contributed by atoms with Crippen molar-refractivity contribution in [1.29, 1.82) is 0 Å². The lowest BCUT2D eigenvalue weighted by molar-refractivity contribution is 0.0956. The molecule has 0 saturated heterocycles. The lowest BCUT2D eigenvalue weighted by Crippen LogP contribution is -2.26. The molecule has 0 atom stereocenters. The van der Waals surface area contributed by atoms with Gasteiger partial charge in [0.1, 0.15) is 22.6 Å². The fourth-order valence-corrected chi connectivity index (χ4v) is 4.65. The van der Waals surface area contributed by atoms with Crippen LogP contribution in [0.4, 0.5) is 5.82 Å². The largest absolute Gasteiger partial charge is 0.497 e. The molecule has 0 aliphatic rings. The van der Waals surface area contributed by atoms with Crippen LogP contribution in [-0.4, -0.2) is 48.3 Å². The van der Waals surface area contributed by atoms with Crippen LogP contribution in [0.25, 0.3) is 22.2 Å². The number of benzene rings is 3. The zero-order chi connectivity index (χ0) is 27.4. The Kier molecular flexibility index (Phi) is 7.49. The van der Waals surface area contributed by atoms with Crippen molar-refractivity contribution in [1.82, 2.24) is 19.9 Å². The molecule has 1 amide bonds. The lowest BCUT2D eigenvalue weighted by Gasteiger charge is -2.10. The van der Waals surface area contributed by atoms with Crippen LogP contribution in [0.3, 0.4) is 0 Å². The number of anilines is 1. The van der Waals surface area contributed by atoms with E-state index in [9.17, 15) is 4.79 Å². The number of hydrogen-bond donors (Lipinski definition) is 2. The number of carbonyl (C=O) groups excluding carboxylic acids is 1. The Morgan fingerprint density at radius 3 is 2.23 bits per heavy atom. The van der Waals surface area contributed by atoms with Crippen molar-refractivity contribution >= 4 is 33.9 Å². The summed E-state index contributed by atoms with van der Waals surface area (Å²) < 4.78 is 17.8. The first-order valence-electron chi connectivity index (χ1n) is 12.7. The van der Waals surface area contributed by atoms with Gasteiger partial charge in [-0.1, -0.05) is 30.3 Å². The van der Waals surface area contributed by atoms with Gasteiger partial charge >= 0.3 is 0 Å². The normalized spacial score (nSPS) is 11.1. The van der Waals surface area contributed by atoms with Crippen LogP contribution >= 0.6 is 0 Å². The van der Waals surface area contributed by atoms with E-state index < -0.39 is 0 Å². The number of rotatable bonds is 10. The maximum atomic E-state index is 13.5. The third-order valence-electron chi connectivity index (χ3n) is 6.75. The zero-order valence-electron chi connectivity index (χ0n) is 22.2. The van der Waals surface area contributed by atoms with E-state index in [2.05, 4.69) is 5.32 Å². The molecule has 2 aromatic heterocycles. The topological polar surface area (TPSA) is 114 Å². The highest BCUT2D eigenvalue weighted by Gasteiger charge is 2.24. The number of amides is 1. The molecule has 2 heterocycles. The van der Waals surface area contributed by atoms with Crippen molar-refractivity contribution in [2.45, 2.75) is 19.4 Å². The van der Waals surface area contributed by atoms with E-state index >= 15 is 0 Å². The Labute approximate surface area is 226 Å². The molecule has 5 aromatic rings. The molecule has 200 valence electrons. The van der Waals surface area contributed by atoms with Gasteiger partial charge in [-0.25, -0.2) is 9.97 Å². The Bertz CT molecular complexity index is 1630. The van der Waals surface area contributed by atoms with Gasteiger partial charge in [0, 0.05) is 13.1 Å². The first kappa shape index (κ1) is 25.8. The summed E-state index contributed by atoms with van der Waals surface area (Å²) in [6, 6.07) is 21.2. The number of carbonyl (C=O) groups is 1. The second-order valence-electron chi connectivity index (χ2n) is 9.09. The summed E-state index contributed by atoms with van der Waals surface area (Å²) in [5.74, 6) is 2.16. The number of nitrogen functional groups attached to an aromatic ring is 1. The number of methoxy groups -OCH3 is 3. The first-order chi connectivity index (χ1) is 19.0. The smallest absolute Gasteiger partial charge is 0.257 e. The molecule has 0 aliphatic carbocycles. The van der Waals surface area contributed by atoms with Crippen LogP contribution in [0.5, 0.6) is 17.2 Å². The van der Waals surface area contributed by atoms with E-state index in [1.807, 2.05) is 71.3 Å². The van der Waals surface area contributed by atoms with Crippen LogP contribution in [0, 0.1) is 0 Å². The average molecular weight is 526 g/mol. The second-order valence-corrected chi connectivity index (χ2v) is 9.09. The van der Waals surface area contributed by atoms with E-state index in [1.54, 1.807) is 21.3 Å². The van der Waals surface area contributed by atoms with E-state index in [0.29, 0.717) is 65.5 Å². The molecular formula is C30H31N5O4. The zero-order valence-corrected chi connectivity index (χ0v) is 22.2. The van der Waals surface area contributed by atoms with Gasteiger partial charge in [-0.2, -0.15) is 0 Å². The molecule has 9 heteroatoms. The maximum absolute atomic E-state index is 13.5. The molecule has 5 rings (SSSR count). The van der Waals surface area contributed by atoms with Gasteiger partial charge in [0.05, 0.1) is 32.4 Å². The third-order valence-corrected chi connectivity index (χ3v) is 6.75. The quantitative estimate of drug-likeness (QED) is 0.278. The highest BCUT2D eigenvalue weighted by molar-refractivity contribution is 6.10. The van der Waals surface area contributed by atoms with Gasteiger partial charge in [0.2, 0.25) is 0 Å². The maximum Gasteiger partial charge on any atom is 0.257 e. The van der Waals surface area contributed by atoms with Crippen molar-refractivity contribution in [3.63, 3.8) is 0 Å². The minimum atomic E-state index is -0.286. The van der Waals surface area contributed by atoms with Crippen LogP contribution in [0.15, 0.2) is 66.7 Å². The number of para-hydroxylation sites is 2. The minimum Gasteiger partial charge on any atom is -0.497 e. The average Bonchev–Trinajstić information content (AvgIpc) is 3.24. The van der Waals surface area contributed by atoms with Crippen LogP contribution < -0.4 is 25.3 Å². The summed E-state index contributed by atoms with van der Waals surface area (Å²) in [6.45, 7) is 0.952. The highest BCUT2D eigenvalue weighted by atomic mass is 16.5. The summed E-state index contributed by atoms with van der Waals surface area (Å²) >= 11 is 0. The van der Waals surface area contributed by atoms with Crippen molar-refractivity contribution < 1.29 is 19.0 Å². The standard InChI is InChI=1S/C30H31N5O4/c1-37-21-11-8-19(9-12-21)15-17-35-28(31)26(27-29(35)34-23-7-5-4-6-22(23)33-27)30(36)32-16-14-20-10-13-24(38-2)25(18-20)39-3/h4-13,18H,14-17,31H2,1-3H3,(H,32,36). The number of hydrogen-bond acceptors (Lipinski definition) is 7. The van der Waals surface area contributed by atoms with Crippen molar-refractivity contribution in [2.75, 3.05) is 33.6 Å². The molecule has 0 saturated carbocycles. The summed E-state index contributed by atoms with van der Waals surface area (Å²) in [5, 5.41) is 3.01. The number of aromatic nitrogens is 3. The molecule has 0 bridgehead atoms. The Morgan fingerprint density at radius 1 is 0.846 bits per heavy atom. The SMILES string of the molecule is COc1ccc(CCn2c(N)c(C(=O)NCCc3ccc(OC)c(OC)c3)c3nc4ccccc4nc32)cc1. The van der Waals surface area contributed by atoms with E-state index in [1.165, 1.54) is 0 Å². The molecule has 39 heavy (non-hydrogen) atoms. The number of ether oxygens (including phenoxy) is 3. The Morgan fingerprint density at radius 2 is 1.54 bits per heavy atom. The summed E-state index contributed by atoms with van der Waals surface area (Å²) in [6.07, 6.45) is 1.31. The van der Waals surface area contributed by atoms with E-state index in [4.69, 9.17) is 29.9 Å². The monoisotopic (exact) mass is 525 g/mol. The molecular weight excluding hydrogens is 494 g/mol. The third kappa shape index (κ3) is 5.29. The summed E-state index contributed by atoms with van der Waals surface area (Å²) in [7, 11) is 4.84. The molecule has 9 nitrogen and oxygen atoms in total. The number of nitrogens with one attached hydrogen (secondary N) is 1. The number of nitrogens with zero attached hydrogens (tertiary/aromatic N) is 3. The molecule has 0 unspecified atom stereocenters. The highest BCUT2D eigenvalue weighted by Crippen LogP contribution is 2.29. The summed E-state index contributed by atoms with van der Waals surface area (Å²) in [4.78, 5) is 23.1. The number of aryl methyl sites for hydroxylation is 2. The lowest BCUT2D eigenvalue weighted by atomic mass is 10.1. The van der Waals surface area contributed by atoms with Crippen LogP contribution in [0.1, 0.15) is 21.5 Å². The van der Waals surface area contributed by atoms with Gasteiger partial charge in [-0.3, -0.25) is 4.79 Å². The fourth-order valence-electron chi connectivity index (χ4n) is 4.65. The first-order valence-corrected chi connectivity index (χ1v) is 12.7. The number of nitrogens with two attached hydrogens (primary N) is 1. The molecule has 3 aromatic carbocycles.